The zero-order valence-corrected chi connectivity index (χ0v) is 12.4. The Balaban J connectivity index is 1.86. The summed E-state index contributed by atoms with van der Waals surface area (Å²) in [4.78, 5) is 24.6. The normalized spacial score (nSPS) is 22.5. The van der Waals surface area contributed by atoms with E-state index in [1.807, 2.05) is 0 Å². The van der Waals surface area contributed by atoms with Gasteiger partial charge in [0, 0.05) is 19.9 Å². The van der Waals surface area contributed by atoms with E-state index < -0.39 is 24.2 Å². The third-order valence-electron chi connectivity index (χ3n) is 4.13. The van der Waals surface area contributed by atoms with Crippen LogP contribution in [0.4, 0.5) is 13.2 Å². The minimum atomic E-state index is -4.54. The molecule has 23 heavy (non-hydrogen) atoms. The molecule has 9 heteroatoms. The number of likely N-dealkylation sites (tertiary alicyclic amines) is 1. The van der Waals surface area contributed by atoms with Crippen LogP contribution < -0.4 is 0 Å². The van der Waals surface area contributed by atoms with Gasteiger partial charge in [-0.2, -0.15) is 13.2 Å². The molecule has 124 valence electrons. The number of H-pyrrole nitrogens is 1. The van der Waals surface area contributed by atoms with Gasteiger partial charge in [0.1, 0.15) is 11.2 Å². The van der Waals surface area contributed by atoms with Crippen molar-refractivity contribution < 1.29 is 22.7 Å². The molecule has 0 spiro atoms. The first-order valence-corrected chi connectivity index (χ1v) is 7.07. The Labute approximate surface area is 129 Å². The average Bonchev–Trinajstić information content (AvgIpc) is 3.00. The number of aromatic amines is 1. The van der Waals surface area contributed by atoms with Crippen LogP contribution in [0.1, 0.15) is 23.3 Å². The highest BCUT2D eigenvalue weighted by Gasteiger charge is 2.57. The van der Waals surface area contributed by atoms with Crippen molar-refractivity contribution in [2.75, 3.05) is 20.2 Å². The molecule has 1 aliphatic rings. The molecule has 1 N–H and O–H groups in total. The first-order chi connectivity index (χ1) is 10.9. The largest absolute Gasteiger partial charge is 0.419 e. The topological polar surface area (TPSA) is 71.1 Å². The Morgan fingerprint density at radius 2 is 2.26 bits per heavy atom. The van der Waals surface area contributed by atoms with Crippen molar-refractivity contribution in [2.24, 2.45) is 0 Å². The fourth-order valence-electron chi connectivity index (χ4n) is 2.80. The molecule has 0 aliphatic carbocycles. The summed E-state index contributed by atoms with van der Waals surface area (Å²) in [7, 11) is 1.02. The molecule has 1 atom stereocenters. The van der Waals surface area contributed by atoms with Gasteiger partial charge in [-0.05, 0) is 18.9 Å². The second-order valence-corrected chi connectivity index (χ2v) is 5.49. The van der Waals surface area contributed by atoms with Gasteiger partial charge >= 0.3 is 6.18 Å². The second kappa shape index (κ2) is 5.48. The Morgan fingerprint density at radius 1 is 1.48 bits per heavy atom. The van der Waals surface area contributed by atoms with Crippen molar-refractivity contribution in [1.82, 2.24) is 19.9 Å². The molecule has 3 heterocycles. The summed E-state index contributed by atoms with van der Waals surface area (Å²) < 4.78 is 44.7. The third-order valence-corrected chi connectivity index (χ3v) is 4.13. The number of hydrogen-bond donors (Lipinski definition) is 1. The zero-order chi connectivity index (χ0) is 16.7. The highest BCUT2D eigenvalue weighted by Crippen LogP contribution is 2.40. The van der Waals surface area contributed by atoms with Crippen LogP contribution in [-0.2, 0) is 4.74 Å². The van der Waals surface area contributed by atoms with Gasteiger partial charge in [0.05, 0.1) is 12.7 Å². The molecule has 0 bridgehead atoms. The van der Waals surface area contributed by atoms with Crippen molar-refractivity contribution in [3.8, 4) is 0 Å². The van der Waals surface area contributed by atoms with Crippen LogP contribution in [0.2, 0.25) is 0 Å². The molecule has 1 unspecified atom stereocenters. The SMILES string of the molecule is COC1(C(F)(F)F)CCCN(C(=O)c2cnc3[nH]ccc3n2)C1. The van der Waals surface area contributed by atoms with Crippen LogP contribution in [-0.4, -0.2) is 57.7 Å². The lowest BCUT2D eigenvalue weighted by Gasteiger charge is -2.42. The highest BCUT2D eigenvalue weighted by molar-refractivity contribution is 5.93. The number of fused-ring (bicyclic) bond motifs is 1. The van der Waals surface area contributed by atoms with Gasteiger partial charge in [0.2, 0.25) is 0 Å². The number of carbonyl (C=O) groups is 1. The number of piperidine rings is 1. The minimum Gasteiger partial charge on any atom is -0.367 e. The van der Waals surface area contributed by atoms with Crippen LogP contribution in [0, 0.1) is 0 Å². The number of methoxy groups -OCH3 is 1. The third kappa shape index (κ3) is 2.65. The molecule has 0 aromatic carbocycles. The number of hydrogen-bond acceptors (Lipinski definition) is 4. The van der Waals surface area contributed by atoms with Crippen molar-refractivity contribution in [3.63, 3.8) is 0 Å². The Kier molecular flexibility index (Phi) is 3.75. The van der Waals surface area contributed by atoms with Gasteiger partial charge in [-0.15, -0.1) is 0 Å². The first-order valence-electron chi connectivity index (χ1n) is 7.07. The van der Waals surface area contributed by atoms with Gasteiger partial charge in [-0.1, -0.05) is 0 Å². The van der Waals surface area contributed by atoms with Gasteiger partial charge in [0.25, 0.3) is 5.91 Å². The number of alkyl halides is 3. The van der Waals surface area contributed by atoms with E-state index in [4.69, 9.17) is 4.74 Å². The molecular formula is C14H15F3N4O2. The number of halogens is 3. The van der Waals surface area contributed by atoms with Gasteiger partial charge < -0.3 is 14.6 Å². The molecular weight excluding hydrogens is 313 g/mol. The second-order valence-electron chi connectivity index (χ2n) is 5.49. The van der Waals surface area contributed by atoms with E-state index in [1.54, 1.807) is 12.3 Å². The average molecular weight is 328 g/mol. The maximum absolute atomic E-state index is 13.3. The van der Waals surface area contributed by atoms with Crippen molar-refractivity contribution in [2.45, 2.75) is 24.6 Å². The molecule has 2 aromatic heterocycles. The van der Waals surface area contributed by atoms with Crippen molar-refractivity contribution in [3.05, 3.63) is 24.2 Å². The van der Waals surface area contributed by atoms with Crippen LogP contribution in [0.5, 0.6) is 0 Å². The van der Waals surface area contributed by atoms with E-state index in [9.17, 15) is 18.0 Å². The summed E-state index contributed by atoms with van der Waals surface area (Å²) in [5.74, 6) is -0.578. The molecule has 1 aliphatic heterocycles. The predicted molar refractivity (Wildman–Crippen MR) is 74.8 cm³/mol. The smallest absolute Gasteiger partial charge is 0.367 e. The number of rotatable bonds is 2. The monoisotopic (exact) mass is 328 g/mol. The fraction of sp³-hybridized carbons (Fsp3) is 0.500. The highest BCUT2D eigenvalue weighted by atomic mass is 19.4. The molecule has 0 saturated carbocycles. The van der Waals surface area contributed by atoms with E-state index >= 15 is 0 Å². The standard InChI is InChI=1S/C14H15F3N4O2/c1-23-13(14(15,16)17)4-2-6-21(8-13)12(22)10-7-19-11-9(20-10)3-5-18-11/h3,5,7H,2,4,6,8H2,1H3,(H,18,19). The molecule has 3 rings (SSSR count). The number of nitrogens with one attached hydrogen (secondary N) is 1. The maximum Gasteiger partial charge on any atom is 0.419 e. The number of aromatic nitrogens is 3. The van der Waals surface area contributed by atoms with E-state index in [0.29, 0.717) is 11.2 Å². The van der Waals surface area contributed by atoms with E-state index in [2.05, 4.69) is 15.0 Å². The van der Waals surface area contributed by atoms with E-state index in [0.717, 1.165) is 12.0 Å². The van der Waals surface area contributed by atoms with Crippen LogP contribution in [0.15, 0.2) is 18.5 Å². The lowest BCUT2D eigenvalue weighted by Crippen LogP contribution is -2.59. The first kappa shape index (κ1) is 15.7. The molecule has 1 fully saturated rings. The summed E-state index contributed by atoms with van der Waals surface area (Å²) in [6.45, 7) is -0.314. The summed E-state index contributed by atoms with van der Waals surface area (Å²) in [6.07, 6.45) is -1.62. The van der Waals surface area contributed by atoms with Crippen molar-refractivity contribution in [1.29, 1.82) is 0 Å². The van der Waals surface area contributed by atoms with Crippen molar-refractivity contribution >= 4 is 17.1 Å². The van der Waals surface area contributed by atoms with Gasteiger partial charge in [0.15, 0.2) is 11.2 Å². The summed E-state index contributed by atoms with van der Waals surface area (Å²) in [6, 6.07) is 1.64. The lowest BCUT2D eigenvalue weighted by atomic mass is 9.91. The van der Waals surface area contributed by atoms with Crippen LogP contribution in [0.25, 0.3) is 11.2 Å². The Bertz CT molecular complexity index is 730. The maximum atomic E-state index is 13.3. The number of carbonyl (C=O) groups excluding carboxylic acids is 1. The van der Waals surface area contributed by atoms with E-state index in [-0.39, 0.29) is 25.1 Å². The summed E-state index contributed by atoms with van der Waals surface area (Å²) in [5.41, 5.74) is -1.30. The Hall–Kier alpha value is -2.16. The van der Waals surface area contributed by atoms with Gasteiger partial charge in [-0.25, -0.2) is 9.97 Å². The number of amides is 1. The predicted octanol–water partition coefficient (Wildman–Crippen LogP) is 2.14. The molecule has 0 radical (unpaired) electrons. The number of nitrogens with zero attached hydrogens (tertiary/aromatic N) is 3. The van der Waals surface area contributed by atoms with E-state index in [1.165, 1.54) is 6.20 Å². The summed E-state index contributed by atoms with van der Waals surface area (Å²) >= 11 is 0. The molecule has 1 saturated heterocycles. The van der Waals surface area contributed by atoms with Crippen LogP contribution in [0.3, 0.4) is 0 Å². The molecule has 6 nitrogen and oxygen atoms in total. The number of ether oxygens (including phenoxy) is 1. The summed E-state index contributed by atoms with van der Waals surface area (Å²) in [5, 5.41) is 0. The lowest BCUT2D eigenvalue weighted by molar-refractivity contribution is -0.280. The zero-order valence-electron chi connectivity index (χ0n) is 12.4. The quantitative estimate of drug-likeness (QED) is 0.917. The Morgan fingerprint density at radius 3 is 2.96 bits per heavy atom. The minimum absolute atomic E-state index is 0.0196. The molecule has 1 amide bonds. The van der Waals surface area contributed by atoms with Gasteiger partial charge in [-0.3, -0.25) is 4.79 Å². The fourth-order valence-corrected chi connectivity index (χ4v) is 2.80. The van der Waals surface area contributed by atoms with Crippen LogP contribution >= 0.6 is 0 Å². The molecule has 2 aromatic rings.